The van der Waals surface area contributed by atoms with Gasteiger partial charge in [-0.15, -0.1) is 0 Å². The lowest BCUT2D eigenvalue weighted by atomic mass is 9.94. The van der Waals surface area contributed by atoms with Crippen LogP contribution in [0.1, 0.15) is 27.4 Å². The molecule has 9 heteroatoms. The average molecular weight is 373 g/mol. The van der Waals surface area contributed by atoms with Crippen LogP contribution in [0.4, 0.5) is 4.39 Å². The largest absolute Gasteiger partial charge is 0.358 e. The molecule has 130 valence electrons. The van der Waals surface area contributed by atoms with Gasteiger partial charge in [-0.2, -0.15) is 4.39 Å². The third kappa shape index (κ3) is 3.28. The summed E-state index contributed by atoms with van der Waals surface area (Å²) in [5.41, 5.74) is 8.00. The van der Waals surface area contributed by atoms with Crippen LogP contribution in [0.25, 0.3) is 11.1 Å². The summed E-state index contributed by atoms with van der Waals surface area (Å²) in [6, 6.07) is 7.63. The predicted octanol–water partition coefficient (Wildman–Crippen LogP) is 4.12. The summed E-state index contributed by atoms with van der Waals surface area (Å²) >= 11 is 5.84. The number of carbonyl (C=O) groups is 1. The van der Waals surface area contributed by atoms with Crippen LogP contribution in [0.2, 0.25) is 5.02 Å². The van der Waals surface area contributed by atoms with Crippen LogP contribution in [-0.2, 0) is 6.54 Å². The molecular weight excluding hydrogens is 361 g/mol. The van der Waals surface area contributed by atoms with Crippen molar-refractivity contribution in [3.8, 4) is 11.1 Å². The van der Waals surface area contributed by atoms with E-state index in [2.05, 4.69) is 20.2 Å². The Balaban J connectivity index is 2.18. The molecule has 0 unspecified atom stereocenters. The van der Waals surface area contributed by atoms with Crippen LogP contribution in [-0.4, -0.2) is 15.9 Å². The van der Waals surface area contributed by atoms with E-state index in [1.54, 1.807) is 19.1 Å². The highest BCUT2D eigenvalue weighted by Crippen LogP contribution is 2.32. The van der Waals surface area contributed by atoms with E-state index in [-0.39, 0.29) is 29.0 Å². The molecule has 1 N–H and O–H groups in total. The molecule has 0 atom stereocenters. The molecule has 3 rings (SSSR count). The van der Waals surface area contributed by atoms with Crippen molar-refractivity contribution in [2.75, 3.05) is 0 Å². The molecule has 1 aromatic carbocycles. The van der Waals surface area contributed by atoms with Gasteiger partial charge in [-0.05, 0) is 37.3 Å². The van der Waals surface area contributed by atoms with Crippen LogP contribution in [0.3, 0.4) is 0 Å². The minimum Gasteiger partial charge on any atom is -0.358 e. The molecule has 0 fully saturated rings. The van der Waals surface area contributed by atoms with Gasteiger partial charge in [0.2, 0.25) is 10.9 Å². The number of benzene rings is 1. The Morgan fingerprint density at radius 2 is 2.08 bits per heavy atom. The van der Waals surface area contributed by atoms with Crippen molar-refractivity contribution < 1.29 is 13.7 Å². The van der Waals surface area contributed by atoms with Gasteiger partial charge in [0.05, 0.1) is 16.8 Å². The van der Waals surface area contributed by atoms with E-state index in [0.29, 0.717) is 16.3 Å². The highest BCUT2D eigenvalue weighted by atomic mass is 35.5. The molecule has 0 radical (unpaired) electrons. The van der Waals surface area contributed by atoms with E-state index in [1.807, 2.05) is 0 Å². The summed E-state index contributed by atoms with van der Waals surface area (Å²) in [5.74, 6) is -1.18. The van der Waals surface area contributed by atoms with Crippen molar-refractivity contribution in [1.82, 2.24) is 15.1 Å². The molecule has 0 saturated carbocycles. The first-order valence-corrected chi connectivity index (χ1v) is 7.84. The maximum Gasteiger partial charge on any atom is 0.224 e. The van der Waals surface area contributed by atoms with Crippen molar-refractivity contribution in [2.45, 2.75) is 13.5 Å². The fourth-order valence-corrected chi connectivity index (χ4v) is 2.70. The van der Waals surface area contributed by atoms with Crippen molar-refractivity contribution in [1.29, 1.82) is 5.53 Å². The zero-order chi connectivity index (χ0) is 18.7. The molecule has 0 aliphatic rings. The molecule has 0 amide bonds. The monoisotopic (exact) mass is 372 g/mol. The Kier molecular flexibility index (Phi) is 4.97. The molecule has 3 aromatic rings. The molecule has 0 aliphatic heterocycles. The molecule has 7 nitrogen and oxygen atoms in total. The molecule has 0 aliphatic carbocycles. The number of halogens is 2. The minimum absolute atomic E-state index is 0.0574. The first-order chi connectivity index (χ1) is 12.5. The van der Waals surface area contributed by atoms with E-state index < -0.39 is 11.7 Å². The molecule has 2 heterocycles. The Hall–Kier alpha value is -3.22. The number of nitrogens with one attached hydrogen (secondary N) is 1. The number of ketones is 1. The van der Waals surface area contributed by atoms with E-state index >= 15 is 0 Å². The summed E-state index contributed by atoms with van der Waals surface area (Å²) in [6.07, 6.45) is 1.26. The Bertz CT molecular complexity index is 1030. The molecule has 2 aromatic heterocycles. The molecule has 26 heavy (non-hydrogen) atoms. The van der Waals surface area contributed by atoms with Crippen molar-refractivity contribution in [2.24, 2.45) is 5.11 Å². The van der Waals surface area contributed by atoms with Gasteiger partial charge in [-0.3, -0.25) is 4.79 Å². The number of hydrogen-bond acceptors (Lipinski definition) is 6. The maximum absolute atomic E-state index is 14.5. The smallest absolute Gasteiger partial charge is 0.224 e. The van der Waals surface area contributed by atoms with Crippen LogP contribution >= 0.6 is 11.6 Å². The summed E-state index contributed by atoms with van der Waals surface area (Å²) in [5, 5.41) is 7.87. The van der Waals surface area contributed by atoms with Gasteiger partial charge in [0.15, 0.2) is 18.1 Å². The number of aromatic nitrogens is 2. The normalized spacial score (nSPS) is 10.4. The molecule has 0 bridgehead atoms. The van der Waals surface area contributed by atoms with Crippen molar-refractivity contribution in [3.05, 3.63) is 70.1 Å². The maximum atomic E-state index is 14.5. The number of nitrogens with zero attached hydrogens (tertiary/aromatic N) is 4. The van der Waals surface area contributed by atoms with E-state index in [4.69, 9.17) is 21.7 Å². The third-order valence-electron chi connectivity index (χ3n) is 3.73. The SMILES string of the molecule is Cc1noc(CN=[N+]=N)c1-c1ccnc(F)c1C(=O)c1ccc(Cl)cc1. The summed E-state index contributed by atoms with van der Waals surface area (Å²) < 4.78 is 19.7. The van der Waals surface area contributed by atoms with Gasteiger partial charge in [-0.25, -0.2) is 4.98 Å². The van der Waals surface area contributed by atoms with Gasteiger partial charge in [0.25, 0.3) is 0 Å². The van der Waals surface area contributed by atoms with Crippen molar-refractivity contribution in [3.63, 3.8) is 0 Å². The zero-order valence-electron chi connectivity index (χ0n) is 13.5. The average Bonchev–Trinajstić information content (AvgIpc) is 3.00. The van der Waals surface area contributed by atoms with E-state index in [9.17, 15) is 9.18 Å². The van der Waals surface area contributed by atoms with Crippen LogP contribution in [0.15, 0.2) is 46.2 Å². The highest BCUT2D eigenvalue weighted by molar-refractivity contribution is 6.30. The fourth-order valence-electron chi connectivity index (χ4n) is 2.58. The van der Waals surface area contributed by atoms with Gasteiger partial charge in [0.1, 0.15) is 10.6 Å². The predicted molar refractivity (Wildman–Crippen MR) is 90.3 cm³/mol. The number of rotatable bonds is 5. The zero-order valence-corrected chi connectivity index (χ0v) is 14.3. The second-order valence-electron chi connectivity index (χ2n) is 5.33. The number of hydrogen-bond donors (Lipinski definition) is 1. The van der Waals surface area contributed by atoms with Gasteiger partial charge < -0.3 is 4.52 Å². The van der Waals surface area contributed by atoms with Crippen LogP contribution in [0.5, 0.6) is 0 Å². The Labute approximate surface area is 152 Å². The molecular formula is C17H12ClFN5O2+. The van der Waals surface area contributed by atoms with E-state index in [0.717, 1.165) is 0 Å². The minimum atomic E-state index is -0.906. The first kappa shape index (κ1) is 17.6. The quantitative estimate of drug-likeness (QED) is 0.314. The highest BCUT2D eigenvalue weighted by Gasteiger charge is 2.26. The van der Waals surface area contributed by atoms with E-state index in [1.165, 1.54) is 24.4 Å². The Morgan fingerprint density at radius 1 is 1.35 bits per heavy atom. The van der Waals surface area contributed by atoms with Gasteiger partial charge in [0, 0.05) is 22.3 Å². The third-order valence-corrected chi connectivity index (χ3v) is 3.98. The lowest BCUT2D eigenvalue weighted by Crippen LogP contribution is -2.09. The summed E-state index contributed by atoms with van der Waals surface area (Å²) in [4.78, 5) is 19.4. The fraction of sp³-hybridized carbons (Fsp3) is 0.118. The van der Waals surface area contributed by atoms with Gasteiger partial charge in [-0.1, -0.05) is 16.8 Å². The second kappa shape index (κ2) is 7.35. The number of aryl methyl sites for hydroxylation is 1. The molecule has 0 saturated heterocycles. The van der Waals surface area contributed by atoms with Crippen LogP contribution in [0, 0.1) is 18.4 Å². The van der Waals surface area contributed by atoms with Crippen molar-refractivity contribution >= 4 is 17.4 Å². The second-order valence-corrected chi connectivity index (χ2v) is 5.76. The van der Waals surface area contributed by atoms with Gasteiger partial charge >= 0.3 is 0 Å². The topological polar surface area (TPSA) is 106 Å². The summed E-state index contributed by atoms with van der Waals surface area (Å²) in [7, 11) is 0. The van der Waals surface area contributed by atoms with Crippen LogP contribution < -0.4 is 4.91 Å². The first-order valence-electron chi connectivity index (χ1n) is 7.46. The summed E-state index contributed by atoms with van der Waals surface area (Å²) in [6.45, 7) is 1.60. The lowest BCUT2D eigenvalue weighted by Gasteiger charge is -2.09. The standard InChI is InChI=1S/C17H12ClFN5O2/c1-9-14(13(26-23-9)8-22-24-20)12-6-7-21-17(19)15(12)16(25)10-2-4-11(18)5-3-10/h2-7,20H,8H2,1H3/q+1. The number of carbonyl (C=O) groups excluding carboxylic acids is 1. The number of pyridine rings is 1. The lowest BCUT2D eigenvalue weighted by molar-refractivity contribution is 0.103. The molecule has 0 spiro atoms. The Morgan fingerprint density at radius 3 is 2.77 bits per heavy atom.